The minimum atomic E-state index is -0.189. The maximum atomic E-state index is 12.6. The van der Waals surface area contributed by atoms with E-state index in [9.17, 15) is 9.59 Å². The van der Waals surface area contributed by atoms with Crippen LogP contribution in [0.4, 0.5) is 11.4 Å². The lowest BCUT2D eigenvalue weighted by Gasteiger charge is -2.28. The highest BCUT2D eigenvalue weighted by Gasteiger charge is 2.21. The first-order chi connectivity index (χ1) is 12.9. The molecule has 2 aromatic carbocycles. The van der Waals surface area contributed by atoms with Gasteiger partial charge in [0.25, 0.3) is 5.91 Å². The van der Waals surface area contributed by atoms with Crippen LogP contribution in [0.25, 0.3) is 0 Å². The van der Waals surface area contributed by atoms with Crippen molar-refractivity contribution < 1.29 is 14.3 Å². The van der Waals surface area contributed by atoms with Gasteiger partial charge in [0.1, 0.15) is 5.75 Å². The van der Waals surface area contributed by atoms with Crippen LogP contribution in [0, 0.1) is 6.92 Å². The molecule has 0 atom stereocenters. The zero-order valence-electron chi connectivity index (χ0n) is 16.1. The van der Waals surface area contributed by atoms with Gasteiger partial charge in [-0.2, -0.15) is 0 Å². The summed E-state index contributed by atoms with van der Waals surface area (Å²) in [6, 6.07) is 12.8. The largest absolute Gasteiger partial charge is 0.491 e. The molecule has 1 saturated heterocycles. The number of amides is 2. The number of carbonyl (C=O) groups excluding carboxylic acids is 2. The Kier molecular flexibility index (Phi) is 5.79. The monoisotopic (exact) mass is 366 g/mol. The molecule has 0 aliphatic carbocycles. The number of hydrogen-bond acceptors (Lipinski definition) is 3. The number of benzene rings is 2. The maximum absolute atomic E-state index is 12.6. The van der Waals surface area contributed by atoms with Gasteiger partial charge in [-0.25, -0.2) is 0 Å². The number of hydrogen-bond donors (Lipinski definition) is 1. The number of rotatable bonds is 5. The summed E-state index contributed by atoms with van der Waals surface area (Å²) in [6.45, 7) is 6.63. The average Bonchev–Trinajstić information content (AvgIpc) is 2.64. The van der Waals surface area contributed by atoms with Crippen LogP contribution in [0.2, 0.25) is 0 Å². The van der Waals surface area contributed by atoms with Crippen LogP contribution < -0.4 is 15.0 Å². The van der Waals surface area contributed by atoms with Crippen LogP contribution in [-0.4, -0.2) is 24.5 Å². The van der Waals surface area contributed by atoms with E-state index in [1.807, 2.05) is 43.9 Å². The molecule has 2 amide bonds. The van der Waals surface area contributed by atoms with E-state index in [2.05, 4.69) is 5.32 Å². The van der Waals surface area contributed by atoms with E-state index in [0.717, 1.165) is 36.4 Å². The fourth-order valence-electron chi connectivity index (χ4n) is 3.20. The third-order valence-corrected chi connectivity index (χ3v) is 4.57. The lowest BCUT2D eigenvalue weighted by atomic mass is 10.1. The van der Waals surface area contributed by atoms with Crippen molar-refractivity contribution in [2.45, 2.75) is 46.1 Å². The van der Waals surface area contributed by atoms with Gasteiger partial charge in [0.2, 0.25) is 5.91 Å². The van der Waals surface area contributed by atoms with Crippen molar-refractivity contribution >= 4 is 23.2 Å². The number of piperidine rings is 1. The Morgan fingerprint density at radius 3 is 2.52 bits per heavy atom. The Morgan fingerprint density at radius 1 is 1.11 bits per heavy atom. The summed E-state index contributed by atoms with van der Waals surface area (Å²) < 4.78 is 5.60. The van der Waals surface area contributed by atoms with Gasteiger partial charge < -0.3 is 15.0 Å². The molecule has 1 N–H and O–H groups in total. The summed E-state index contributed by atoms with van der Waals surface area (Å²) in [7, 11) is 0. The second-order valence-corrected chi connectivity index (χ2v) is 7.15. The molecule has 5 nitrogen and oxygen atoms in total. The Labute approximate surface area is 160 Å². The molecule has 0 unspecified atom stereocenters. The van der Waals surface area contributed by atoms with Gasteiger partial charge in [0, 0.05) is 29.9 Å². The normalized spacial score (nSPS) is 14.4. The van der Waals surface area contributed by atoms with Gasteiger partial charge in [0.05, 0.1) is 6.10 Å². The minimum Gasteiger partial charge on any atom is -0.491 e. The molecule has 2 aromatic rings. The highest BCUT2D eigenvalue weighted by atomic mass is 16.5. The van der Waals surface area contributed by atoms with Crippen LogP contribution in [0.5, 0.6) is 5.75 Å². The van der Waals surface area contributed by atoms with E-state index < -0.39 is 0 Å². The van der Waals surface area contributed by atoms with Crippen molar-refractivity contribution in [3.63, 3.8) is 0 Å². The molecule has 142 valence electrons. The number of anilines is 2. The van der Waals surface area contributed by atoms with Crippen LogP contribution in [0.1, 0.15) is 49.0 Å². The fourth-order valence-corrected chi connectivity index (χ4v) is 3.20. The highest BCUT2D eigenvalue weighted by molar-refractivity contribution is 6.05. The smallest absolute Gasteiger partial charge is 0.255 e. The molecular weight excluding hydrogens is 340 g/mol. The van der Waals surface area contributed by atoms with E-state index in [-0.39, 0.29) is 17.9 Å². The molecule has 1 aliphatic heterocycles. The van der Waals surface area contributed by atoms with Gasteiger partial charge >= 0.3 is 0 Å². The lowest BCUT2D eigenvalue weighted by molar-refractivity contribution is -0.119. The van der Waals surface area contributed by atoms with Crippen LogP contribution in [0.15, 0.2) is 42.5 Å². The first-order valence-electron chi connectivity index (χ1n) is 9.43. The Balaban J connectivity index is 1.74. The Hall–Kier alpha value is -2.82. The molecule has 0 aromatic heterocycles. The minimum absolute atomic E-state index is 0.0909. The van der Waals surface area contributed by atoms with Crippen molar-refractivity contribution in [2.75, 3.05) is 16.8 Å². The summed E-state index contributed by atoms with van der Waals surface area (Å²) in [5.74, 6) is 0.697. The van der Waals surface area contributed by atoms with E-state index in [0.29, 0.717) is 17.7 Å². The van der Waals surface area contributed by atoms with Crippen LogP contribution in [0.3, 0.4) is 0 Å². The molecule has 1 heterocycles. The predicted molar refractivity (Wildman–Crippen MR) is 108 cm³/mol. The van der Waals surface area contributed by atoms with Gasteiger partial charge in [-0.15, -0.1) is 0 Å². The number of nitrogens with zero attached hydrogens (tertiary/aromatic N) is 1. The third kappa shape index (κ3) is 4.67. The molecule has 1 fully saturated rings. The van der Waals surface area contributed by atoms with E-state index in [4.69, 9.17) is 4.74 Å². The Bertz CT molecular complexity index is 828. The van der Waals surface area contributed by atoms with Crippen LogP contribution >= 0.6 is 0 Å². The number of ether oxygens (including phenoxy) is 1. The van der Waals surface area contributed by atoms with Crippen molar-refractivity contribution in [3.8, 4) is 5.75 Å². The highest BCUT2D eigenvalue weighted by Crippen LogP contribution is 2.28. The topological polar surface area (TPSA) is 58.6 Å². The summed E-state index contributed by atoms with van der Waals surface area (Å²) >= 11 is 0. The average molecular weight is 366 g/mol. The van der Waals surface area contributed by atoms with E-state index >= 15 is 0 Å². The van der Waals surface area contributed by atoms with Crippen molar-refractivity contribution in [1.82, 2.24) is 0 Å². The molecule has 0 spiro atoms. The molecular formula is C22H26N2O3. The van der Waals surface area contributed by atoms with E-state index in [1.165, 1.54) is 0 Å². The van der Waals surface area contributed by atoms with Gasteiger partial charge in [-0.1, -0.05) is 6.07 Å². The van der Waals surface area contributed by atoms with E-state index in [1.54, 1.807) is 24.3 Å². The SMILES string of the molecule is Cc1ccc(NC(=O)c2ccc(OC(C)C)cc2)cc1N1CCCCC1=O. The Morgan fingerprint density at radius 2 is 1.85 bits per heavy atom. The summed E-state index contributed by atoms with van der Waals surface area (Å²) in [5.41, 5.74) is 3.14. The molecule has 1 aliphatic rings. The zero-order valence-corrected chi connectivity index (χ0v) is 16.1. The standard InChI is InChI=1S/C22H26N2O3/c1-15(2)27-19-11-8-17(9-12-19)22(26)23-18-10-7-16(3)20(14-18)24-13-5-4-6-21(24)25/h7-12,14-15H,4-6,13H2,1-3H3,(H,23,26). The van der Waals surface area contributed by atoms with Gasteiger partial charge in [-0.05, 0) is 75.6 Å². The molecule has 5 heteroatoms. The van der Waals surface area contributed by atoms with Crippen LogP contribution in [-0.2, 0) is 4.79 Å². The van der Waals surface area contributed by atoms with Gasteiger partial charge in [0.15, 0.2) is 0 Å². The zero-order chi connectivity index (χ0) is 19.4. The molecule has 0 radical (unpaired) electrons. The van der Waals surface area contributed by atoms with Gasteiger partial charge in [-0.3, -0.25) is 9.59 Å². The lowest BCUT2D eigenvalue weighted by Crippen LogP contribution is -2.35. The second kappa shape index (κ2) is 8.25. The first-order valence-corrected chi connectivity index (χ1v) is 9.43. The summed E-state index contributed by atoms with van der Waals surface area (Å²) in [5, 5.41) is 2.92. The third-order valence-electron chi connectivity index (χ3n) is 4.57. The van der Waals surface area contributed by atoms with Crippen molar-refractivity contribution in [1.29, 1.82) is 0 Å². The maximum Gasteiger partial charge on any atom is 0.255 e. The molecule has 27 heavy (non-hydrogen) atoms. The first kappa shape index (κ1) is 19.0. The molecule has 0 bridgehead atoms. The number of carbonyl (C=O) groups is 2. The number of aryl methyl sites for hydroxylation is 1. The summed E-state index contributed by atoms with van der Waals surface area (Å²) in [4.78, 5) is 26.6. The second-order valence-electron chi connectivity index (χ2n) is 7.15. The number of nitrogens with one attached hydrogen (secondary N) is 1. The summed E-state index contributed by atoms with van der Waals surface area (Å²) in [6.07, 6.45) is 2.63. The fraction of sp³-hybridized carbons (Fsp3) is 0.364. The van der Waals surface area contributed by atoms with Crippen molar-refractivity contribution in [2.24, 2.45) is 0 Å². The van der Waals surface area contributed by atoms with Crippen molar-refractivity contribution in [3.05, 3.63) is 53.6 Å². The predicted octanol–water partition coefficient (Wildman–Crippen LogP) is 4.55. The quantitative estimate of drug-likeness (QED) is 0.844. The molecule has 0 saturated carbocycles. The molecule has 3 rings (SSSR count).